The van der Waals surface area contributed by atoms with E-state index in [-0.39, 0.29) is 38.0 Å². The van der Waals surface area contributed by atoms with Gasteiger partial charge in [0.15, 0.2) is 0 Å². The molecule has 10 atom stereocenters. The molecule has 1 aromatic rings. The fraction of sp³-hybridized carbons (Fsp3) is 0.667. The predicted octanol–water partition coefficient (Wildman–Crippen LogP) is -1.34. The molecule has 0 unspecified atom stereocenters. The number of phenols is 1. The molecule has 2 saturated heterocycles. The summed E-state index contributed by atoms with van der Waals surface area (Å²) in [6, 6.07) is -7.33. The molecule has 2 aliphatic rings. The standard InChI is InChI=1S/C51H80N10O15/c1-4-29(2)14-11-9-7-5-6-8-10-12-15-32-25-42(67)55-36(26-40(52)65)47(72)57-35(24-31-17-19-33(64)20-18-31)46(71)58-37(27-41(53)66)51(76)61-23-13-16-39(61)49(74)56-34(21-22-43(68)69)45(70)59-38(28-62)48(73)60-44(30(3)63)50(75)54-32/h17-20,29-30,32,34-39,44,62-64H,4-16,21-28H2,1-3H3,(H2,52,65)(H2,53,66)(H,54,75)(H,55,67)(H,56,74)(H,57,72)(H,58,71)(H,59,70)(H,60,73)(H,68,69)/t29-,30-,32+,34-,35+,36-,37+,38+,39-,44-/m0/s1. The van der Waals surface area contributed by atoms with Gasteiger partial charge in [-0.25, -0.2) is 0 Å². The number of carboxylic acids is 1. The number of aliphatic carboxylic acids is 1. The number of aliphatic hydroxyl groups excluding tert-OH is 2. The van der Waals surface area contributed by atoms with E-state index in [1.807, 2.05) is 0 Å². The van der Waals surface area contributed by atoms with E-state index in [1.54, 1.807) is 0 Å². The number of carbonyl (C=O) groups is 11. The van der Waals surface area contributed by atoms with Crippen molar-refractivity contribution in [3.63, 3.8) is 0 Å². The maximum atomic E-state index is 14.3. The molecule has 2 aliphatic heterocycles. The Morgan fingerprint density at radius 2 is 1.20 bits per heavy atom. The maximum Gasteiger partial charge on any atom is 0.303 e. The average molecular weight is 1070 g/mol. The number of aliphatic hydroxyl groups is 2. The van der Waals surface area contributed by atoms with Crippen LogP contribution in [0.15, 0.2) is 24.3 Å². The highest BCUT2D eigenvalue weighted by Crippen LogP contribution is 2.21. The Morgan fingerprint density at radius 1 is 0.658 bits per heavy atom. The number of unbranched alkanes of at least 4 members (excludes halogenated alkanes) is 7. The highest BCUT2D eigenvalue weighted by Gasteiger charge is 2.41. The van der Waals surface area contributed by atoms with Crippen molar-refractivity contribution in [2.75, 3.05) is 13.2 Å². The molecule has 25 nitrogen and oxygen atoms in total. The van der Waals surface area contributed by atoms with Crippen molar-refractivity contribution in [3.05, 3.63) is 29.8 Å². The summed E-state index contributed by atoms with van der Waals surface area (Å²) < 4.78 is 0. The van der Waals surface area contributed by atoms with E-state index >= 15 is 0 Å². The van der Waals surface area contributed by atoms with Gasteiger partial charge in [0.25, 0.3) is 0 Å². The van der Waals surface area contributed by atoms with Crippen LogP contribution in [0.3, 0.4) is 0 Å². The number of carbonyl (C=O) groups excluding carboxylic acids is 10. The first-order valence-electron chi connectivity index (χ1n) is 26.3. The van der Waals surface area contributed by atoms with Crippen LogP contribution in [0.4, 0.5) is 0 Å². The van der Waals surface area contributed by atoms with Crippen molar-refractivity contribution in [1.82, 2.24) is 42.1 Å². The molecule has 2 heterocycles. The summed E-state index contributed by atoms with van der Waals surface area (Å²) in [7, 11) is 0. The number of amides is 10. The van der Waals surface area contributed by atoms with Crippen LogP contribution in [0, 0.1) is 5.92 Å². The SMILES string of the molecule is CC[C@H](C)CCCCCCCCCC[C@@H]1CC(=O)N[C@@H](CC(N)=O)C(=O)N[C@H](Cc2ccc(O)cc2)C(=O)N[C@H](CC(N)=O)C(=O)N2CCC[C@H]2C(=O)N[C@@H](CCC(=O)O)C(=O)N[C@H](CO)C(=O)N[C@@H]([C@H](C)O)C(=O)N1. The Morgan fingerprint density at radius 3 is 1.79 bits per heavy atom. The fourth-order valence-corrected chi connectivity index (χ4v) is 9.01. The lowest BCUT2D eigenvalue weighted by Crippen LogP contribution is -2.61. The molecule has 0 saturated carbocycles. The number of phenolic OH excluding ortho intramolecular Hbond substituents is 1. The number of nitrogens with one attached hydrogen (secondary N) is 7. The van der Waals surface area contributed by atoms with Crippen LogP contribution in [0.1, 0.15) is 142 Å². The van der Waals surface area contributed by atoms with Crippen LogP contribution in [0.5, 0.6) is 5.75 Å². The zero-order chi connectivity index (χ0) is 56.5. The molecule has 25 heteroatoms. The van der Waals surface area contributed by atoms with E-state index in [0.717, 1.165) is 49.8 Å². The summed E-state index contributed by atoms with van der Waals surface area (Å²) in [5.41, 5.74) is 11.4. The quantitative estimate of drug-likeness (QED) is 0.0564. The number of fused-ring (bicyclic) bond motifs is 1. The van der Waals surface area contributed by atoms with E-state index < -0.39 is 158 Å². The van der Waals surface area contributed by atoms with Gasteiger partial charge < -0.3 is 74.0 Å². The first-order chi connectivity index (χ1) is 36.0. The van der Waals surface area contributed by atoms with Crippen LogP contribution in [0.2, 0.25) is 0 Å². The van der Waals surface area contributed by atoms with Crippen LogP contribution in [-0.2, 0) is 59.2 Å². The third kappa shape index (κ3) is 22.1. The summed E-state index contributed by atoms with van der Waals surface area (Å²) >= 11 is 0. The van der Waals surface area contributed by atoms with Gasteiger partial charge in [0.2, 0.25) is 59.1 Å². The maximum absolute atomic E-state index is 14.3. The zero-order valence-corrected chi connectivity index (χ0v) is 43.8. The Hall–Kier alpha value is -6.89. The number of hydrogen-bond donors (Lipinski definition) is 13. The van der Waals surface area contributed by atoms with E-state index in [9.17, 15) is 73.2 Å². The lowest BCUT2D eigenvalue weighted by Gasteiger charge is -2.30. The highest BCUT2D eigenvalue weighted by atomic mass is 16.4. The molecule has 2 fully saturated rings. The van der Waals surface area contributed by atoms with Gasteiger partial charge >= 0.3 is 5.97 Å². The van der Waals surface area contributed by atoms with Gasteiger partial charge in [0, 0.05) is 31.8 Å². The third-order valence-corrected chi connectivity index (χ3v) is 13.6. The molecule has 76 heavy (non-hydrogen) atoms. The van der Waals surface area contributed by atoms with Crippen LogP contribution in [0.25, 0.3) is 0 Å². The van der Waals surface area contributed by atoms with Crippen molar-refractivity contribution in [1.29, 1.82) is 0 Å². The van der Waals surface area contributed by atoms with Gasteiger partial charge in [-0.1, -0.05) is 90.2 Å². The lowest BCUT2D eigenvalue weighted by atomic mass is 9.99. The molecule has 424 valence electrons. The largest absolute Gasteiger partial charge is 0.508 e. The van der Waals surface area contributed by atoms with Gasteiger partial charge in [0.05, 0.1) is 25.6 Å². The molecular formula is C51H80N10O15. The van der Waals surface area contributed by atoms with Gasteiger partial charge in [-0.15, -0.1) is 0 Å². The number of carboxylic acid groups (broad SMARTS) is 1. The number of primary amides is 2. The van der Waals surface area contributed by atoms with Crippen molar-refractivity contribution >= 4 is 65.0 Å². The Kier molecular flexibility index (Phi) is 27.1. The fourth-order valence-electron chi connectivity index (χ4n) is 9.01. The van der Waals surface area contributed by atoms with E-state index in [2.05, 4.69) is 51.1 Å². The first-order valence-corrected chi connectivity index (χ1v) is 26.3. The molecule has 0 radical (unpaired) electrons. The molecule has 0 aromatic heterocycles. The minimum Gasteiger partial charge on any atom is -0.508 e. The number of rotatable bonds is 23. The predicted molar refractivity (Wildman–Crippen MR) is 274 cm³/mol. The molecule has 0 spiro atoms. The molecule has 1 aromatic carbocycles. The third-order valence-electron chi connectivity index (χ3n) is 13.6. The lowest BCUT2D eigenvalue weighted by molar-refractivity contribution is -0.143. The van der Waals surface area contributed by atoms with Crippen molar-refractivity contribution in [2.45, 2.75) is 197 Å². The summed E-state index contributed by atoms with van der Waals surface area (Å²) in [4.78, 5) is 149. The minimum atomic E-state index is -1.84. The average Bonchev–Trinajstić information content (AvgIpc) is 3.85. The topological polar surface area (TPSA) is 408 Å². The summed E-state index contributed by atoms with van der Waals surface area (Å²) in [6.45, 7) is 4.39. The van der Waals surface area contributed by atoms with Crippen molar-refractivity contribution in [2.24, 2.45) is 17.4 Å². The van der Waals surface area contributed by atoms with E-state index in [4.69, 9.17) is 11.5 Å². The smallest absolute Gasteiger partial charge is 0.303 e. The molecule has 15 N–H and O–H groups in total. The molecule has 3 rings (SSSR count). The van der Waals surface area contributed by atoms with Crippen molar-refractivity contribution in [3.8, 4) is 5.75 Å². The summed E-state index contributed by atoms with van der Waals surface area (Å²) in [6.07, 6.45) is 4.79. The number of nitrogens with two attached hydrogens (primary N) is 2. The Bertz CT molecular complexity index is 2160. The minimum absolute atomic E-state index is 0.0151. The second-order valence-electron chi connectivity index (χ2n) is 19.9. The first kappa shape index (κ1) is 63.4. The van der Waals surface area contributed by atoms with E-state index in [0.29, 0.717) is 24.3 Å². The number of nitrogens with zero attached hydrogens (tertiary/aromatic N) is 1. The van der Waals surface area contributed by atoms with E-state index in [1.165, 1.54) is 37.6 Å². The second-order valence-corrected chi connectivity index (χ2v) is 19.9. The van der Waals surface area contributed by atoms with Crippen LogP contribution in [-0.4, -0.2) is 158 Å². The van der Waals surface area contributed by atoms with Gasteiger partial charge in [-0.3, -0.25) is 52.7 Å². The number of aromatic hydroxyl groups is 1. The van der Waals surface area contributed by atoms with Gasteiger partial charge in [-0.2, -0.15) is 0 Å². The Balaban J connectivity index is 2.07. The van der Waals surface area contributed by atoms with Crippen LogP contribution < -0.4 is 48.7 Å². The molecular weight excluding hydrogens is 993 g/mol. The zero-order valence-electron chi connectivity index (χ0n) is 43.8. The summed E-state index contributed by atoms with van der Waals surface area (Å²) in [5, 5.41) is 57.5. The highest BCUT2D eigenvalue weighted by molar-refractivity contribution is 6.00. The Labute approximate surface area is 442 Å². The monoisotopic (exact) mass is 1070 g/mol. The molecule has 0 aliphatic carbocycles. The molecule has 0 bridgehead atoms. The number of hydrogen-bond acceptors (Lipinski definition) is 14. The summed E-state index contributed by atoms with van der Waals surface area (Å²) in [5.74, 6) is -11.2. The second kappa shape index (κ2) is 32.5. The normalized spacial score (nSPS) is 24.7. The van der Waals surface area contributed by atoms with Gasteiger partial charge in [0.1, 0.15) is 48.0 Å². The van der Waals surface area contributed by atoms with Gasteiger partial charge in [-0.05, 0) is 56.2 Å². The van der Waals surface area contributed by atoms with Crippen molar-refractivity contribution < 1.29 is 73.2 Å². The molecule has 10 amide bonds. The number of benzene rings is 1. The van der Waals surface area contributed by atoms with Crippen LogP contribution >= 0.6 is 0 Å².